The number of fused-ring (bicyclic) bond motifs is 1. The summed E-state index contributed by atoms with van der Waals surface area (Å²) in [6.07, 6.45) is -1.48. The van der Waals surface area contributed by atoms with E-state index in [0.717, 1.165) is 11.6 Å². The molecule has 2 aromatic carbocycles. The van der Waals surface area contributed by atoms with Gasteiger partial charge in [0.1, 0.15) is 5.82 Å². The van der Waals surface area contributed by atoms with E-state index in [9.17, 15) is 22.8 Å². The highest BCUT2D eigenvalue weighted by Gasteiger charge is 2.19. The van der Waals surface area contributed by atoms with Crippen molar-refractivity contribution in [2.75, 3.05) is 5.32 Å². The van der Waals surface area contributed by atoms with Gasteiger partial charge in [0, 0.05) is 41.9 Å². The summed E-state index contributed by atoms with van der Waals surface area (Å²) in [4.78, 5) is 24.8. The van der Waals surface area contributed by atoms with Crippen molar-refractivity contribution in [1.82, 2.24) is 14.3 Å². The van der Waals surface area contributed by atoms with Crippen LogP contribution in [0.2, 0.25) is 0 Å². The second kappa shape index (κ2) is 9.09. The zero-order valence-corrected chi connectivity index (χ0v) is 16.8. The Bertz CT molecular complexity index is 1320. The van der Waals surface area contributed by atoms with Crippen molar-refractivity contribution in [2.24, 2.45) is 0 Å². The number of hydrogen-bond donors (Lipinski definition) is 1. The lowest BCUT2D eigenvalue weighted by Crippen LogP contribution is -2.24. The SMILES string of the molecule is O=C(CCn1c(=O)cc(C(F)F)c2cn(Cc3ccccc3)nc21)Nc1cccc(F)c1. The van der Waals surface area contributed by atoms with E-state index >= 15 is 0 Å². The third-order valence-corrected chi connectivity index (χ3v) is 4.95. The Balaban J connectivity index is 1.61. The first-order chi connectivity index (χ1) is 15.4. The van der Waals surface area contributed by atoms with E-state index in [2.05, 4.69) is 10.4 Å². The van der Waals surface area contributed by atoms with Crippen molar-refractivity contribution < 1.29 is 18.0 Å². The van der Waals surface area contributed by atoms with Crippen LogP contribution < -0.4 is 10.9 Å². The average molecular weight is 440 g/mol. The van der Waals surface area contributed by atoms with Crippen LogP contribution in [-0.2, 0) is 17.9 Å². The van der Waals surface area contributed by atoms with Gasteiger partial charge >= 0.3 is 0 Å². The number of aryl methyl sites for hydroxylation is 1. The normalized spacial score (nSPS) is 11.2. The first-order valence-corrected chi connectivity index (χ1v) is 9.89. The van der Waals surface area contributed by atoms with Crippen LogP contribution in [0, 0.1) is 5.82 Å². The largest absolute Gasteiger partial charge is 0.326 e. The van der Waals surface area contributed by atoms with Gasteiger partial charge in [0.15, 0.2) is 5.65 Å². The number of aromatic nitrogens is 3. The zero-order valence-electron chi connectivity index (χ0n) is 16.8. The number of alkyl halides is 2. The lowest BCUT2D eigenvalue weighted by Gasteiger charge is -2.10. The zero-order chi connectivity index (χ0) is 22.7. The number of anilines is 1. The van der Waals surface area contributed by atoms with E-state index in [1.165, 1.54) is 39.7 Å². The maximum Gasteiger partial charge on any atom is 0.264 e. The van der Waals surface area contributed by atoms with Crippen LogP contribution >= 0.6 is 0 Å². The molecule has 164 valence electrons. The van der Waals surface area contributed by atoms with Gasteiger partial charge in [-0.15, -0.1) is 0 Å². The highest BCUT2D eigenvalue weighted by molar-refractivity contribution is 5.90. The summed E-state index contributed by atoms with van der Waals surface area (Å²) < 4.78 is 43.1. The Morgan fingerprint density at radius 3 is 2.56 bits per heavy atom. The minimum absolute atomic E-state index is 0.0671. The van der Waals surface area contributed by atoms with Crippen LogP contribution in [0.1, 0.15) is 24.0 Å². The standard InChI is InChI=1S/C23H19F3N4O2/c24-16-7-4-8-17(11-16)27-20(31)9-10-30-21(32)12-18(22(25)26)19-14-29(28-23(19)30)13-15-5-2-1-3-6-15/h1-8,11-12,14,22H,9-10,13H2,(H,27,31). The molecule has 4 rings (SSSR count). The number of benzene rings is 2. The molecule has 0 aliphatic heterocycles. The Hall–Kier alpha value is -3.88. The number of nitrogens with one attached hydrogen (secondary N) is 1. The molecule has 0 saturated heterocycles. The summed E-state index contributed by atoms with van der Waals surface area (Å²) in [5, 5.41) is 7.05. The third kappa shape index (κ3) is 4.72. The predicted octanol–water partition coefficient (Wildman–Crippen LogP) is 4.35. The summed E-state index contributed by atoms with van der Waals surface area (Å²) in [5.41, 5.74) is 0.221. The summed E-state index contributed by atoms with van der Waals surface area (Å²) in [5.74, 6) is -0.940. The Morgan fingerprint density at radius 1 is 1.06 bits per heavy atom. The fourth-order valence-corrected chi connectivity index (χ4v) is 3.46. The van der Waals surface area contributed by atoms with Gasteiger partial charge in [-0.2, -0.15) is 5.10 Å². The average Bonchev–Trinajstić information content (AvgIpc) is 3.16. The van der Waals surface area contributed by atoms with Crippen LogP contribution in [0.25, 0.3) is 11.0 Å². The van der Waals surface area contributed by atoms with Crippen molar-refractivity contribution in [3.63, 3.8) is 0 Å². The number of amides is 1. The summed E-state index contributed by atoms with van der Waals surface area (Å²) in [7, 11) is 0. The Kier molecular flexibility index (Phi) is 6.07. The topological polar surface area (TPSA) is 68.9 Å². The summed E-state index contributed by atoms with van der Waals surface area (Å²) in [6, 6.07) is 15.6. The van der Waals surface area contributed by atoms with E-state index in [1.807, 2.05) is 30.3 Å². The highest BCUT2D eigenvalue weighted by Crippen LogP contribution is 2.26. The molecular formula is C23H19F3N4O2. The lowest BCUT2D eigenvalue weighted by molar-refractivity contribution is -0.116. The van der Waals surface area contributed by atoms with Crippen LogP contribution in [0.15, 0.2) is 71.7 Å². The number of pyridine rings is 1. The molecule has 0 bridgehead atoms. The van der Waals surface area contributed by atoms with Gasteiger partial charge in [-0.25, -0.2) is 13.2 Å². The third-order valence-electron chi connectivity index (χ3n) is 4.95. The van der Waals surface area contributed by atoms with Crippen LogP contribution in [0.4, 0.5) is 18.9 Å². The molecule has 4 aromatic rings. The lowest BCUT2D eigenvalue weighted by atomic mass is 10.2. The molecular weight excluding hydrogens is 421 g/mol. The fourth-order valence-electron chi connectivity index (χ4n) is 3.46. The molecule has 0 atom stereocenters. The van der Waals surface area contributed by atoms with Gasteiger partial charge in [0.25, 0.3) is 12.0 Å². The summed E-state index contributed by atoms with van der Waals surface area (Å²) >= 11 is 0. The second-order valence-electron chi connectivity index (χ2n) is 7.25. The molecule has 0 spiro atoms. The first-order valence-electron chi connectivity index (χ1n) is 9.89. The molecule has 2 heterocycles. The molecule has 1 N–H and O–H groups in total. The maximum atomic E-state index is 13.6. The molecule has 1 amide bonds. The van der Waals surface area contributed by atoms with Gasteiger partial charge < -0.3 is 5.32 Å². The number of rotatable bonds is 7. The molecule has 0 aliphatic carbocycles. The maximum absolute atomic E-state index is 13.6. The van der Waals surface area contributed by atoms with Gasteiger partial charge in [-0.05, 0) is 23.8 Å². The van der Waals surface area contributed by atoms with Crippen molar-refractivity contribution in [3.8, 4) is 0 Å². The monoisotopic (exact) mass is 440 g/mol. The number of nitrogens with zero attached hydrogens (tertiary/aromatic N) is 3. The van der Waals surface area contributed by atoms with E-state index in [1.54, 1.807) is 0 Å². The number of carbonyl (C=O) groups is 1. The van der Waals surface area contributed by atoms with Gasteiger partial charge in [0.05, 0.1) is 6.54 Å². The molecule has 32 heavy (non-hydrogen) atoms. The second-order valence-corrected chi connectivity index (χ2v) is 7.25. The number of halogens is 3. The molecule has 9 heteroatoms. The molecule has 0 saturated carbocycles. The van der Waals surface area contributed by atoms with Crippen LogP contribution in [0.3, 0.4) is 0 Å². The Morgan fingerprint density at radius 2 is 1.84 bits per heavy atom. The smallest absolute Gasteiger partial charge is 0.264 e. The van der Waals surface area contributed by atoms with Gasteiger partial charge in [0.2, 0.25) is 5.91 Å². The molecule has 2 aromatic heterocycles. The van der Waals surface area contributed by atoms with Crippen LogP contribution in [0.5, 0.6) is 0 Å². The summed E-state index contributed by atoms with van der Waals surface area (Å²) in [6.45, 7) is 0.273. The Labute approximate surface area is 180 Å². The van der Waals surface area contributed by atoms with Crippen LogP contribution in [-0.4, -0.2) is 20.3 Å². The van der Waals surface area contributed by atoms with E-state index in [0.29, 0.717) is 6.54 Å². The molecule has 0 unspecified atom stereocenters. The van der Waals surface area contributed by atoms with Gasteiger partial charge in [-0.3, -0.25) is 18.8 Å². The minimum Gasteiger partial charge on any atom is -0.326 e. The highest BCUT2D eigenvalue weighted by atomic mass is 19.3. The fraction of sp³-hybridized carbons (Fsp3) is 0.174. The number of hydrogen-bond acceptors (Lipinski definition) is 3. The molecule has 6 nitrogen and oxygen atoms in total. The van der Waals surface area contributed by atoms with Gasteiger partial charge in [-0.1, -0.05) is 36.4 Å². The molecule has 0 radical (unpaired) electrons. The predicted molar refractivity (Wildman–Crippen MR) is 114 cm³/mol. The van der Waals surface area contributed by atoms with E-state index < -0.39 is 29.3 Å². The first kappa shape index (κ1) is 21.4. The molecule has 0 aliphatic rings. The minimum atomic E-state index is -2.84. The van der Waals surface area contributed by atoms with Crippen molar-refractivity contribution >= 4 is 22.6 Å². The van der Waals surface area contributed by atoms with Crippen molar-refractivity contribution in [3.05, 3.63) is 94.2 Å². The van der Waals surface area contributed by atoms with E-state index in [-0.39, 0.29) is 29.7 Å². The van der Waals surface area contributed by atoms with E-state index in [4.69, 9.17) is 0 Å². The number of carbonyl (C=O) groups excluding carboxylic acids is 1. The van der Waals surface area contributed by atoms with Crippen molar-refractivity contribution in [2.45, 2.75) is 25.9 Å². The molecule has 0 fully saturated rings. The van der Waals surface area contributed by atoms with Crippen molar-refractivity contribution in [1.29, 1.82) is 0 Å². The quantitative estimate of drug-likeness (QED) is 0.465.